The molecule has 0 saturated heterocycles. The quantitative estimate of drug-likeness (QED) is 0.655. The summed E-state index contributed by atoms with van der Waals surface area (Å²) in [4.78, 5) is 32.8. The number of hydrogen-bond acceptors (Lipinski definition) is 6. The lowest BCUT2D eigenvalue weighted by Crippen LogP contribution is -2.47. The number of para-hydroxylation sites is 1. The molecular weight excluding hydrogens is 398 g/mol. The van der Waals surface area contributed by atoms with Gasteiger partial charge in [-0.05, 0) is 48.6 Å². The van der Waals surface area contributed by atoms with Gasteiger partial charge < -0.3 is 5.32 Å². The zero-order valence-electron chi connectivity index (χ0n) is 16.5. The minimum absolute atomic E-state index is 0.117. The average Bonchev–Trinajstić information content (AvgIpc) is 3.34. The minimum atomic E-state index is -0.912. The molecule has 0 spiro atoms. The lowest BCUT2D eigenvalue weighted by atomic mass is 9.95. The molecule has 2 aromatic heterocycles. The molecule has 1 fully saturated rings. The summed E-state index contributed by atoms with van der Waals surface area (Å²) in [7, 11) is 0. The van der Waals surface area contributed by atoms with Gasteiger partial charge in [-0.15, -0.1) is 5.10 Å². The van der Waals surface area contributed by atoms with Crippen molar-refractivity contribution in [1.82, 2.24) is 19.9 Å². The second kappa shape index (κ2) is 9.58. The van der Waals surface area contributed by atoms with Gasteiger partial charge in [0.25, 0.3) is 5.91 Å². The van der Waals surface area contributed by atoms with E-state index in [4.69, 9.17) is 0 Å². The molecule has 2 heterocycles. The number of carbonyl (C=O) groups is 2. The van der Waals surface area contributed by atoms with Crippen LogP contribution >= 0.6 is 11.5 Å². The molecule has 1 aliphatic rings. The van der Waals surface area contributed by atoms with E-state index in [1.165, 1.54) is 11.3 Å². The van der Waals surface area contributed by atoms with Crippen molar-refractivity contribution < 1.29 is 9.59 Å². The van der Waals surface area contributed by atoms with Crippen LogP contribution in [0.25, 0.3) is 0 Å². The Morgan fingerprint density at radius 3 is 2.47 bits per heavy atom. The average molecular weight is 422 g/mol. The molecule has 1 aliphatic carbocycles. The standard InChI is InChI=1S/C22H23N5O2S/c28-21(24-16-9-3-1-4-10-16)20(18-13-7-8-14-23-18)27(17-11-5-2-6-12-17)22(29)19-15-30-26-25-19/h2,5-8,11-16,20H,1,3-4,9-10H2,(H,24,28). The van der Waals surface area contributed by atoms with Crippen LogP contribution in [0.2, 0.25) is 0 Å². The maximum atomic E-state index is 13.5. The molecule has 1 atom stereocenters. The van der Waals surface area contributed by atoms with E-state index in [1.54, 1.807) is 23.7 Å². The molecule has 1 N–H and O–H groups in total. The first kappa shape index (κ1) is 20.2. The van der Waals surface area contributed by atoms with Gasteiger partial charge in [-0.1, -0.05) is 48.0 Å². The molecule has 2 amide bonds. The first-order valence-electron chi connectivity index (χ1n) is 10.1. The third-order valence-electron chi connectivity index (χ3n) is 5.26. The lowest BCUT2D eigenvalue weighted by molar-refractivity contribution is -0.123. The Morgan fingerprint density at radius 1 is 1.03 bits per heavy atom. The summed E-state index contributed by atoms with van der Waals surface area (Å²) >= 11 is 1.10. The Morgan fingerprint density at radius 2 is 1.80 bits per heavy atom. The van der Waals surface area contributed by atoms with Crippen molar-refractivity contribution in [2.45, 2.75) is 44.2 Å². The summed E-state index contributed by atoms with van der Waals surface area (Å²) in [5.41, 5.74) is 1.31. The Labute approximate surface area is 179 Å². The van der Waals surface area contributed by atoms with E-state index < -0.39 is 6.04 Å². The summed E-state index contributed by atoms with van der Waals surface area (Å²) in [5, 5.41) is 8.69. The largest absolute Gasteiger partial charge is 0.351 e. The Kier molecular flexibility index (Phi) is 6.44. The van der Waals surface area contributed by atoms with Gasteiger partial charge in [0.15, 0.2) is 11.7 Å². The van der Waals surface area contributed by atoms with Gasteiger partial charge in [0.05, 0.1) is 5.69 Å². The highest BCUT2D eigenvalue weighted by molar-refractivity contribution is 7.03. The second-order valence-corrected chi connectivity index (χ2v) is 7.91. The van der Waals surface area contributed by atoms with E-state index in [2.05, 4.69) is 19.9 Å². The van der Waals surface area contributed by atoms with Gasteiger partial charge in [-0.2, -0.15) is 0 Å². The number of amides is 2. The second-order valence-electron chi connectivity index (χ2n) is 7.30. The highest BCUT2D eigenvalue weighted by atomic mass is 32.1. The van der Waals surface area contributed by atoms with Crippen LogP contribution in [0.1, 0.15) is 54.3 Å². The van der Waals surface area contributed by atoms with Crippen molar-refractivity contribution in [3.8, 4) is 0 Å². The van der Waals surface area contributed by atoms with E-state index in [1.807, 2.05) is 36.4 Å². The number of benzene rings is 1. The van der Waals surface area contributed by atoms with Crippen LogP contribution in [0.15, 0.2) is 60.1 Å². The van der Waals surface area contributed by atoms with Gasteiger partial charge >= 0.3 is 0 Å². The van der Waals surface area contributed by atoms with Crippen molar-refractivity contribution in [3.63, 3.8) is 0 Å². The number of pyridine rings is 1. The van der Waals surface area contributed by atoms with Crippen LogP contribution in [0.4, 0.5) is 5.69 Å². The molecule has 4 rings (SSSR count). The molecule has 1 aromatic carbocycles. The Bertz CT molecular complexity index is 960. The number of nitrogens with one attached hydrogen (secondary N) is 1. The van der Waals surface area contributed by atoms with Gasteiger partial charge in [0.2, 0.25) is 5.91 Å². The monoisotopic (exact) mass is 421 g/mol. The molecule has 30 heavy (non-hydrogen) atoms. The first-order chi connectivity index (χ1) is 14.7. The van der Waals surface area contributed by atoms with E-state index in [0.717, 1.165) is 37.2 Å². The maximum absolute atomic E-state index is 13.5. The number of carbonyl (C=O) groups excluding carboxylic acids is 2. The fourth-order valence-corrected chi connectivity index (χ4v) is 4.23. The zero-order valence-corrected chi connectivity index (χ0v) is 17.3. The molecular formula is C22H23N5O2S. The Balaban J connectivity index is 1.74. The van der Waals surface area contributed by atoms with Gasteiger partial charge in [-0.3, -0.25) is 19.5 Å². The highest BCUT2D eigenvalue weighted by Gasteiger charge is 2.36. The number of anilines is 1. The van der Waals surface area contributed by atoms with Gasteiger partial charge in [0, 0.05) is 23.3 Å². The molecule has 1 saturated carbocycles. The molecule has 3 aromatic rings. The third kappa shape index (κ3) is 4.54. The van der Waals surface area contributed by atoms with E-state index >= 15 is 0 Å². The smallest absolute Gasteiger partial charge is 0.280 e. The predicted molar refractivity (Wildman–Crippen MR) is 115 cm³/mol. The minimum Gasteiger partial charge on any atom is -0.351 e. The zero-order chi connectivity index (χ0) is 20.8. The fourth-order valence-electron chi connectivity index (χ4n) is 3.80. The van der Waals surface area contributed by atoms with Crippen molar-refractivity contribution >= 4 is 29.0 Å². The normalized spacial score (nSPS) is 15.3. The Hall–Kier alpha value is -3.13. The highest BCUT2D eigenvalue weighted by Crippen LogP contribution is 2.29. The number of nitrogens with zero attached hydrogens (tertiary/aromatic N) is 4. The van der Waals surface area contributed by atoms with Crippen LogP contribution in [-0.4, -0.2) is 32.4 Å². The van der Waals surface area contributed by atoms with Crippen molar-refractivity contribution in [2.24, 2.45) is 0 Å². The molecule has 0 bridgehead atoms. The predicted octanol–water partition coefficient (Wildman–Crippen LogP) is 3.77. The summed E-state index contributed by atoms with van der Waals surface area (Å²) < 4.78 is 3.82. The molecule has 0 radical (unpaired) electrons. The fraction of sp³-hybridized carbons (Fsp3) is 0.318. The molecule has 0 aliphatic heterocycles. The number of aromatic nitrogens is 3. The number of rotatable bonds is 6. The summed E-state index contributed by atoms with van der Waals surface area (Å²) in [6, 6.07) is 13.7. The van der Waals surface area contributed by atoms with Crippen LogP contribution in [0, 0.1) is 0 Å². The van der Waals surface area contributed by atoms with Crippen LogP contribution < -0.4 is 10.2 Å². The third-order valence-corrected chi connectivity index (χ3v) is 5.76. The van der Waals surface area contributed by atoms with E-state index in [-0.39, 0.29) is 23.6 Å². The maximum Gasteiger partial charge on any atom is 0.280 e. The van der Waals surface area contributed by atoms with Crippen molar-refractivity contribution in [1.29, 1.82) is 0 Å². The summed E-state index contributed by atoms with van der Waals surface area (Å²) in [5.74, 6) is -0.620. The topological polar surface area (TPSA) is 88.1 Å². The molecule has 1 unspecified atom stereocenters. The van der Waals surface area contributed by atoms with Gasteiger partial charge in [0.1, 0.15) is 0 Å². The van der Waals surface area contributed by atoms with Crippen molar-refractivity contribution in [2.75, 3.05) is 4.90 Å². The van der Waals surface area contributed by atoms with Crippen LogP contribution in [0.5, 0.6) is 0 Å². The first-order valence-corrected chi connectivity index (χ1v) is 10.9. The molecule has 154 valence electrons. The summed E-state index contributed by atoms with van der Waals surface area (Å²) in [6.07, 6.45) is 6.94. The SMILES string of the molecule is O=C(NC1CCCCC1)C(c1ccccn1)N(C(=O)c1csnn1)c1ccccc1. The summed E-state index contributed by atoms with van der Waals surface area (Å²) in [6.45, 7) is 0. The molecule has 8 heteroatoms. The number of hydrogen-bond donors (Lipinski definition) is 1. The van der Waals surface area contributed by atoms with Crippen molar-refractivity contribution in [3.05, 3.63) is 71.5 Å². The van der Waals surface area contributed by atoms with E-state index in [0.29, 0.717) is 11.4 Å². The van der Waals surface area contributed by atoms with Crippen LogP contribution in [-0.2, 0) is 4.79 Å². The van der Waals surface area contributed by atoms with E-state index in [9.17, 15) is 9.59 Å². The van der Waals surface area contributed by atoms with Gasteiger partial charge in [-0.25, -0.2) is 0 Å². The molecule has 7 nitrogen and oxygen atoms in total. The lowest BCUT2D eigenvalue weighted by Gasteiger charge is -2.32. The van der Waals surface area contributed by atoms with Crippen LogP contribution in [0.3, 0.4) is 0 Å².